The van der Waals surface area contributed by atoms with Crippen molar-refractivity contribution in [3.05, 3.63) is 70.2 Å². The Morgan fingerprint density at radius 3 is 2.03 bits per heavy atom. The molecule has 35 heavy (non-hydrogen) atoms. The van der Waals surface area contributed by atoms with E-state index in [0.29, 0.717) is 25.7 Å². The molecule has 0 saturated heterocycles. The molecule has 0 bridgehead atoms. The first kappa shape index (κ1) is 26.5. The first-order valence-electron chi connectivity index (χ1n) is 11.3. The van der Waals surface area contributed by atoms with Crippen LogP contribution in [0.4, 0.5) is 16.2 Å². The largest absolute Gasteiger partial charge is 0.388 e. The second kappa shape index (κ2) is 11.5. The van der Waals surface area contributed by atoms with Gasteiger partial charge in [0.2, 0.25) is 0 Å². The van der Waals surface area contributed by atoms with Gasteiger partial charge in [0, 0.05) is 0 Å². The first-order valence-corrected chi connectivity index (χ1v) is 12.0. The smallest absolute Gasteiger partial charge is 0.347 e. The lowest BCUT2D eigenvalue weighted by molar-refractivity contribution is -0.144. The van der Waals surface area contributed by atoms with E-state index >= 15 is 0 Å². The fourth-order valence-corrected chi connectivity index (χ4v) is 4.35. The van der Waals surface area contributed by atoms with Crippen LogP contribution in [-0.2, 0) is 9.53 Å². The van der Waals surface area contributed by atoms with Crippen LogP contribution in [0.15, 0.2) is 54.6 Å². The molecule has 0 aliphatic heterocycles. The SMILES string of the molecule is CCCC(N)(CCC)C(=O)OC(=O)c1cc2ccccc2cc1NC(=O)Nc1c(Cl)cccc1Cl. The van der Waals surface area contributed by atoms with Gasteiger partial charge in [0.05, 0.1) is 27.0 Å². The molecule has 0 aromatic heterocycles. The minimum absolute atomic E-state index is 0.00722. The van der Waals surface area contributed by atoms with E-state index in [4.69, 9.17) is 33.7 Å². The molecule has 9 heteroatoms. The number of carbonyl (C=O) groups is 3. The second-order valence-electron chi connectivity index (χ2n) is 8.25. The summed E-state index contributed by atoms with van der Waals surface area (Å²) < 4.78 is 5.22. The number of nitrogens with two attached hydrogens (primary N) is 1. The third kappa shape index (κ3) is 6.31. The standard InChI is InChI=1S/C26H27Cl2N3O4/c1-3-12-26(29,13-4-2)24(33)35-23(32)18-14-16-8-5-6-9-17(16)15-21(18)30-25(34)31-22-19(27)10-7-11-20(22)28/h5-11,14-15H,3-4,12-13,29H2,1-2H3,(H2,30,31,34). The monoisotopic (exact) mass is 515 g/mol. The Labute approximate surface area is 213 Å². The van der Waals surface area contributed by atoms with E-state index in [1.807, 2.05) is 38.1 Å². The van der Waals surface area contributed by atoms with Crippen molar-refractivity contribution in [2.75, 3.05) is 10.6 Å². The van der Waals surface area contributed by atoms with Gasteiger partial charge in [-0.1, -0.05) is 80.2 Å². The molecule has 3 aromatic carbocycles. The summed E-state index contributed by atoms with van der Waals surface area (Å²) in [4.78, 5) is 38.7. The van der Waals surface area contributed by atoms with Gasteiger partial charge in [-0.05, 0) is 47.9 Å². The number of anilines is 2. The van der Waals surface area contributed by atoms with Crippen molar-refractivity contribution in [2.45, 2.75) is 45.1 Å². The molecular formula is C26H27Cl2N3O4. The number of benzene rings is 3. The van der Waals surface area contributed by atoms with Crippen molar-refractivity contribution < 1.29 is 19.1 Å². The molecular weight excluding hydrogens is 489 g/mol. The number of hydrogen-bond donors (Lipinski definition) is 3. The zero-order chi connectivity index (χ0) is 25.6. The van der Waals surface area contributed by atoms with E-state index in [0.717, 1.165) is 10.8 Å². The molecule has 0 radical (unpaired) electrons. The number of ether oxygens (including phenoxy) is 1. The van der Waals surface area contributed by atoms with Crippen molar-refractivity contribution in [2.24, 2.45) is 5.73 Å². The zero-order valence-electron chi connectivity index (χ0n) is 19.5. The number of urea groups is 1. The van der Waals surface area contributed by atoms with Gasteiger partial charge in [-0.25, -0.2) is 14.4 Å². The number of amides is 2. The Hall–Kier alpha value is -3.13. The molecule has 0 atom stereocenters. The highest BCUT2D eigenvalue weighted by molar-refractivity contribution is 6.39. The maximum absolute atomic E-state index is 13.1. The zero-order valence-corrected chi connectivity index (χ0v) is 21.0. The first-order chi connectivity index (χ1) is 16.7. The highest BCUT2D eigenvalue weighted by Crippen LogP contribution is 2.31. The van der Waals surface area contributed by atoms with Crippen LogP contribution in [0.2, 0.25) is 10.0 Å². The van der Waals surface area contributed by atoms with Crippen LogP contribution in [-0.4, -0.2) is 23.5 Å². The molecule has 0 unspecified atom stereocenters. The van der Waals surface area contributed by atoms with Gasteiger partial charge in [0.1, 0.15) is 5.54 Å². The summed E-state index contributed by atoms with van der Waals surface area (Å²) in [5, 5.41) is 7.23. The summed E-state index contributed by atoms with van der Waals surface area (Å²) in [7, 11) is 0. The average molecular weight is 516 g/mol. The molecule has 0 fully saturated rings. The van der Waals surface area contributed by atoms with Crippen molar-refractivity contribution in [3.8, 4) is 0 Å². The summed E-state index contributed by atoms with van der Waals surface area (Å²) in [5.41, 5.74) is 5.40. The van der Waals surface area contributed by atoms with Crippen LogP contribution in [0, 0.1) is 0 Å². The topological polar surface area (TPSA) is 111 Å². The number of nitrogens with one attached hydrogen (secondary N) is 2. The summed E-state index contributed by atoms with van der Waals surface area (Å²) in [6, 6.07) is 14.6. The van der Waals surface area contributed by atoms with E-state index in [2.05, 4.69) is 10.6 Å². The molecule has 0 heterocycles. The molecule has 0 saturated carbocycles. The van der Waals surface area contributed by atoms with Gasteiger partial charge in [-0.2, -0.15) is 0 Å². The van der Waals surface area contributed by atoms with Crippen LogP contribution in [0.1, 0.15) is 49.9 Å². The predicted octanol–water partition coefficient (Wildman–Crippen LogP) is 6.77. The van der Waals surface area contributed by atoms with Crippen molar-refractivity contribution in [3.63, 3.8) is 0 Å². The lowest BCUT2D eigenvalue weighted by Gasteiger charge is -2.26. The van der Waals surface area contributed by atoms with Gasteiger partial charge in [0.25, 0.3) is 0 Å². The third-order valence-electron chi connectivity index (χ3n) is 5.54. The van der Waals surface area contributed by atoms with Gasteiger partial charge < -0.3 is 21.1 Å². The number of fused-ring (bicyclic) bond motifs is 1. The fraction of sp³-hybridized carbons (Fsp3) is 0.269. The van der Waals surface area contributed by atoms with Gasteiger partial charge >= 0.3 is 18.0 Å². The van der Waals surface area contributed by atoms with Crippen LogP contribution in [0.25, 0.3) is 10.8 Å². The average Bonchev–Trinajstić information content (AvgIpc) is 2.81. The molecule has 184 valence electrons. The minimum Gasteiger partial charge on any atom is -0.388 e. The second-order valence-corrected chi connectivity index (χ2v) is 9.07. The van der Waals surface area contributed by atoms with Crippen LogP contribution < -0.4 is 16.4 Å². The molecule has 3 aromatic rings. The predicted molar refractivity (Wildman–Crippen MR) is 140 cm³/mol. The molecule has 0 aliphatic carbocycles. The maximum atomic E-state index is 13.1. The highest BCUT2D eigenvalue weighted by atomic mass is 35.5. The molecule has 7 nitrogen and oxygen atoms in total. The van der Waals surface area contributed by atoms with E-state index in [9.17, 15) is 14.4 Å². The third-order valence-corrected chi connectivity index (χ3v) is 6.17. The Balaban J connectivity index is 1.92. The van der Waals surface area contributed by atoms with Crippen molar-refractivity contribution >= 4 is 63.3 Å². The summed E-state index contributed by atoms with van der Waals surface area (Å²) in [5.74, 6) is -1.70. The number of para-hydroxylation sites is 1. The summed E-state index contributed by atoms with van der Waals surface area (Å²) in [6.07, 6.45) is 2.09. The number of hydrogen-bond acceptors (Lipinski definition) is 5. The highest BCUT2D eigenvalue weighted by Gasteiger charge is 2.36. The lowest BCUT2D eigenvalue weighted by Crippen LogP contribution is -2.49. The van der Waals surface area contributed by atoms with Crippen LogP contribution >= 0.6 is 23.2 Å². The molecule has 4 N–H and O–H groups in total. The fourth-order valence-electron chi connectivity index (χ4n) is 3.86. The summed E-state index contributed by atoms with van der Waals surface area (Å²) in [6.45, 7) is 3.81. The number of halogens is 2. The lowest BCUT2D eigenvalue weighted by atomic mass is 9.90. The quantitative estimate of drug-likeness (QED) is 0.226. The van der Waals surface area contributed by atoms with E-state index in [1.165, 1.54) is 0 Å². The van der Waals surface area contributed by atoms with Crippen molar-refractivity contribution in [1.29, 1.82) is 0 Å². The van der Waals surface area contributed by atoms with Gasteiger partial charge in [-0.15, -0.1) is 0 Å². The Morgan fingerprint density at radius 2 is 1.46 bits per heavy atom. The number of esters is 2. The normalized spacial score (nSPS) is 11.2. The molecule has 3 rings (SSSR count). The van der Waals surface area contributed by atoms with Gasteiger partial charge in [0.15, 0.2) is 0 Å². The minimum atomic E-state index is -1.26. The van der Waals surface area contributed by atoms with Gasteiger partial charge in [-0.3, -0.25) is 0 Å². The Kier molecular flexibility index (Phi) is 8.72. The number of rotatable bonds is 8. The Bertz CT molecular complexity index is 1240. The maximum Gasteiger partial charge on any atom is 0.347 e. The summed E-state index contributed by atoms with van der Waals surface area (Å²) >= 11 is 12.3. The van der Waals surface area contributed by atoms with E-state index < -0.39 is 23.5 Å². The van der Waals surface area contributed by atoms with E-state index in [1.54, 1.807) is 30.3 Å². The Morgan fingerprint density at radius 1 is 0.886 bits per heavy atom. The molecule has 0 spiro atoms. The van der Waals surface area contributed by atoms with E-state index in [-0.39, 0.29) is 27.0 Å². The van der Waals surface area contributed by atoms with Crippen LogP contribution in [0.5, 0.6) is 0 Å². The number of carbonyl (C=O) groups excluding carboxylic acids is 3. The van der Waals surface area contributed by atoms with Crippen molar-refractivity contribution in [1.82, 2.24) is 0 Å². The van der Waals surface area contributed by atoms with Crippen LogP contribution in [0.3, 0.4) is 0 Å². The molecule has 0 aliphatic rings. The molecule has 2 amide bonds.